The molecule has 2 heterocycles. The summed E-state index contributed by atoms with van der Waals surface area (Å²) < 4.78 is 8.30. The van der Waals surface area contributed by atoms with Gasteiger partial charge in [0.2, 0.25) is 0 Å². The first-order valence-electron chi connectivity index (χ1n) is 9.40. The van der Waals surface area contributed by atoms with Crippen LogP contribution in [0.1, 0.15) is 71.0 Å². The van der Waals surface area contributed by atoms with E-state index >= 15 is 0 Å². The quantitative estimate of drug-likeness (QED) is 0.505. The van der Waals surface area contributed by atoms with Crippen molar-refractivity contribution in [2.75, 3.05) is 6.61 Å². The standard InChI is InChI=1S/C19H28N4O4/c1-5-22-17(18(24)25)15(14(4)21-22)10-8-7-9-11-23-16(12-13(3)20-23)19(26)27-6-2/h12H,5-11H2,1-4H3,(H,24,25). The summed E-state index contributed by atoms with van der Waals surface area (Å²) >= 11 is 0. The number of aryl methyl sites for hydroxylation is 4. The predicted octanol–water partition coefficient (Wildman–Crippen LogP) is 3.00. The molecule has 27 heavy (non-hydrogen) atoms. The molecule has 2 aromatic heterocycles. The van der Waals surface area contributed by atoms with Crippen molar-refractivity contribution in [2.45, 2.75) is 66.5 Å². The van der Waals surface area contributed by atoms with Crippen LogP contribution < -0.4 is 0 Å². The molecule has 0 unspecified atom stereocenters. The van der Waals surface area contributed by atoms with Crippen LogP contribution in [0.25, 0.3) is 0 Å². The molecule has 0 aliphatic carbocycles. The highest BCUT2D eigenvalue weighted by Crippen LogP contribution is 2.18. The second-order valence-corrected chi connectivity index (χ2v) is 6.46. The Morgan fingerprint density at radius 3 is 2.48 bits per heavy atom. The third-order valence-corrected chi connectivity index (χ3v) is 4.44. The summed E-state index contributed by atoms with van der Waals surface area (Å²) in [5.41, 5.74) is 3.14. The van der Waals surface area contributed by atoms with Crippen molar-refractivity contribution in [2.24, 2.45) is 0 Å². The topological polar surface area (TPSA) is 99.2 Å². The van der Waals surface area contributed by atoms with Gasteiger partial charge in [0.15, 0.2) is 0 Å². The third kappa shape index (κ3) is 4.96. The molecule has 8 nitrogen and oxygen atoms in total. The number of carbonyl (C=O) groups is 2. The second-order valence-electron chi connectivity index (χ2n) is 6.46. The molecule has 0 atom stereocenters. The number of carboxylic acid groups (broad SMARTS) is 1. The molecule has 0 radical (unpaired) electrons. The van der Waals surface area contributed by atoms with Crippen molar-refractivity contribution < 1.29 is 19.4 Å². The highest BCUT2D eigenvalue weighted by atomic mass is 16.5. The Balaban J connectivity index is 1.91. The number of carboxylic acids is 1. The molecule has 0 aromatic carbocycles. The summed E-state index contributed by atoms with van der Waals surface area (Å²) in [6.45, 7) is 8.86. The minimum absolute atomic E-state index is 0.294. The van der Waals surface area contributed by atoms with Gasteiger partial charge in [-0.3, -0.25) is 9.36 Å². The molecule has 148 valence electrons. The number of unbranched alkanes of at least 4 members (excludes halogenated alkanes) is 2. The lowest BCUT2D eigenvalue weighted by molar-refractivity contribution is 0.0511. The molecule has 0 aliphatic rings. The lowest BCUT2D eigenvalue weighted by atomic mass is 10.0. The maximum absolute atomic E-state index is 12.0. The molecule has 0 saturated carbocycles. The van der Waals surface area contributed by atoms with Crippen LogP contribution in [0.15, 0.2) is 6.07 Å². The molecular weight excluding hydrogens is 348 g/mol. The molecule has 2 aromatic rings. The first kappa shape index (κ1) is 20.7. The highest BCUT2D eigenvalue weighted by molar-refractivity contribution is 5.88. The molecule has 0 saturated heterocycles. The van der Waals surface area contributed by atoms with Gasteiger partial charge in [-0.15, -0.1) is 0 Å². The average Bonchev–Trinajstić information content (AvgIpc) is 3.14. The molecule has 1 N–H and O–H groups in total. The Hall–Kier alpha value is -2.64. The summed E-state index contributed by atoms with van der Waals surface area (Å²) in [4.78, 5) is 23.5. The highest BCUT2D eigenvalue weighted by Gasteiger charge is 2.20. The molecule has 0 fully saturated rings. The van der Waals surface area contributed by atoms with Gasteiger partial charge in [-0.2, -0.15) is 10.2 Å². The number of aromatic carboxylic acids is 1. The Kier molecular flexibility index (Phi) is 7.15. The van der Waals surface area contributed by atoms with Gasteiger partial charge in [0.1, 0.15) is 11.4 Å². The predicted molar refractivity (Wildman–Crippen MR) is 100 cm³/mol. The zero-order valence-electron chi connectivity index (χ0n) is 16.5. The molecule has 0 aliphatic heterocycles. The minimum atomic E-state index is -0.932. The first-order chi connectivity index (χ1) is 12.9. The SMILES string of the molecule is CCOC(=O)c1cc(C)nn1CCCCCc1c(C)nn(CC)c1C(=O)O. The fourth-order valence-corrected chi connectivity index (χ4v) is 3.21. The number of hydrogen-bond acceptors (Lipinski definition) is 5. The van der Waals surface area contributed by atoms with Crippen LogP contribution in [-0.4, -0.2) is 43.2 Å². The molecule has 2 rings (SSSR count). The molecule has 0 amide bonds. The van der Waals surface area contributed by atoms with Crippen molar-refractivity contribution in [3.63, 3.8) is 0 Å². The molecule has 8 heteroatoms. The maximum Gasteiger partial charge on any atom is 0.356 e. The normalized spacial score (nSPS) is 11.0. The third-order valence-electron chi connectivity index (χ3n) is 4.44. The van der Waals surface area contributed by atoms with Crippen molar-refractivity contribution in [3.8, 4) is 0 Å². The number of esters is 1. The van der Waals surface area contributed by atoms with Gasteiger partial charge >= 0.3 is 11.9 Å². The summed E-state index contributed by atoms with van der Waals surface area (Å²) in [5.74, 6) is -1.29. The number of ether oxygens (including phenoxy) is 1. The Bertz CT molecular complexity index is 807. The van der Waals surface area contributed by atoms with E-state index in [1.807, 2.05) is 20.8 Å². The Labute approximate surface area is 159 Å². The molecule has 0 spiro atoms. The lowest BCUT2D eigenvalue weighted by Gasteiger charge is -2.07. The number of hydrogen-bond donors (Lipinski definition) is 1. The van der Waals surface area contributed by atoms with Crippen LogP contribution in [0.2, 0.25) is 0 Å². The van der Waals surface area contributed by atoms with Crippen LogP contribution in [0.4, 0.5) is 0 Å². The van der Waals surface area contributed by atoms with Gasteiger partial charge in [0, 0.05) is 18.7 Å². The summed E-state index contributed by atoms with van der Waals surface area (Å²) in [6, 6.07) is 1.74. The van der Waals surface area contributed by atoms with E-state index in [9.17, 15) is 14.7 Å². The lowest BCUT2D eigenvalue weighted by Crippen LogP contribution is -2.13. The van der Waals surface area contributed by atoms with Crippen molar-refractivity contribution in [1.82, 2.24) is 19.6 Å². The van der Waals surface area contributed by atoms with Gasteiger partial charge in [0.05, 0.1) is 18.0 Å². The van der Waals surface area contributed by atoms with Crippen LogP contribution >= 0.6 is 0 Å². The van der Waals surface area contributed by atoms with Gasteiger partial charge < -0.3 is 9.84 Å². The van der Waals surface area contributed by atoms with E-state index in [1.54, 1.807) is 22.4 Å². The van der Waals surface area contributed by atoms with Crippen molar-refractivity contribution >= 4 is 11.9 Å². The van der Waals surface area contributed by atoms with Gasteiger partial charge in [-0.05, 0) is 53.0 Å². The van der Waals surface area contributed by atoms with E-state index in [-0.39, 0.29) is 5.97 Å². The second kappa shape index (κ2) is 9.34. The Morgan fingerprint density at radius 1 is 1.11 bits per heavy atom. The molecule has 0 bridgehead atoms. The first-order valence-corrected chi connectivity index (χ1v) is 9.40. The van der Waals surface area contributed by atoms with Crippen LogP contribution in [0.3, 0.4) is 0 Å². The van der Waals surface area contributed by atoms with Crippen LogP contribution in [-0.2, 0) is 24.2 Å². The summed E-state index contributed by atoms with van der Waals surface area (Å²) in [7, 11) is 0. The van der Waals surface area contributed by atoms with E-state index in [0.717, 1.165) is 36.2 Å². The van der Waals surface area contributed by atoms with E-state index in [0.29, 0.717) is 37.5 Å². The molecular formula is C19H28N4O4. The zero-order chi connectivity index (χ0) is 20.0. The number of rotatable bonds is 10. The van der Waals surface area contributed by atoms with E-state index in [4.69, 9.17) is 4.74 Å². The summed E-state index contributed by atoms with van der Waals surface area (Å²) in [5, 5.41) is 18.1. The number of carbonyl (C=O) groups excluding carboxylic acids is 1. The number of aromatic nitrogens is 4. The van der Waals surface area contributed by atoms with Crippen molar-refractivity contribution in [1.29, 1.82) is 0 Å². The average molecular weight is 376 g/mol. The van der Waals surface area contributed by atoms with E-state index in [1.165, 1.54) is 0 Å². The fourth-order valence-electron chi connectivity index (χ4n) is 3.21. The fraction of sp³-hybridized carbons (Fsp3) is 0.579. The van der Waals surface area contributed by atoms with Gasteiger partial charge in [-0.25, -0.2) is 9.59 Å². The smallest absolute Gasteiger partial charge is 0.356 e. The Morgan fingerprint density at radius 2 is 1.85 bits per heavy atom. The van der Waals surface area contributed by atoms with Crippen LogP contribution in [0.5, 0.6) is 0 Å². The minimum Gasteiger partial charge on any atom is -0.477 e. The monoisotopic (exact) mass is 376 g/mol. The van der Waals surface area contributed by atoms with Gasteiger partial charge in [-0.1, -0.05) is 6.42 Å². The largest absolute Gasteiger partial charge is 0.477 e. The zero-order valence-corrected chi connectivity index (χ0v) is 16.5. The maximum atomic E-state index is 12.0. The van der Waals surface area contributed by atoms with Crippen LogP contribution in [0, 0.1) is 13.8 Å². The number of nitrogens with zero attached hydrogens (tertiary/aromatic N) is 4. The van der Waals surface area contributed by atoms with Crippen molar-refractivity contribution in [3.05, 3.63) is 34.4 Å². The summed E-state index contributed by atoms with van der Waals surface area (Å²) in [6.07, 6.45) is 3.27. The van der Waals surface area contributed by atoms with E-state index < -0.39 is 5.97 Å². The van der Waals surface area contributed by atoms with Gasteiger partial charge in [0.25, 0.3) is 0 Å². The van der Waals surface area contributed by atoms with E-state index in [2.05, 4.69) is 10.2 Å².